The Morgan fingerprint density at radius 1 is 0.516 bits per heavy atom. The fraction of sp³-hybridized carbons (Fsp3) is 0. The van der Waals surface area contributed by atoms with Crippen molar-refractivity contribution in [3.8, 4) is 0 Å². The van der Waals surface area contributed by atoms with E-state index in [1.165, 1.54) is 0 Å². The summed E-state index contributed by atoms with van der Waals surface area (Å²) in [6, 6.07) is 19.5. The summed E-state index contributed by atoms with van der Waals surface area (Å²) in [5.41, 5.74) is 3.28. The molecule has 0 aliphatic heterocycles. The van der Waals surface area contributed by atoms with E-state index in [2.05, 4.69) is 10.6 Å². The van der Waals surface area contributed by atoms with Crippen LogP contribution < -0.4 is 10.6 Å². The van der Waals surface area contributed by atoms with Crippen molar-refractivity contribution < 1.29 is 26.4 Å². The van der Waals surface area contributed by atoms with Crippen molar-refractivity contribution in [1.82, 2.24) is 0 Å². The van der Waals surface area contributed by atoms with Gasteiger partial charge >= 0.3 is 0 Å². The van der Waals surface area contributed by atoms with Gasteiger partial charge in [0.25, 0.3) is 0 Å². The van der Waals surface area contributed by atoms with Crippen molar-refractivity contribution >= 4 is 22.9 Å². The summed E-state index contributed by atoms with van der Waals surface area (Å²) in [6.07, 6.45) is 17.3. The van der Waals surface area contributed by atoms with Gasteiger partial charge in [0.05, 0.1) is 0 Å². The van der Waals surface area contributed by atoms with Crippen LogP contribution in [-0.2, 0) is 26.4 Å². The van der Waals surface area contributed by atoms with E-state index < -0.39 is 0 Å². The molecule has 0 aromatic heterocycles. The van der Waals surface area contributed by atoms with Gasteiger partial charge in [-0.15, -0.1) is 0 Å². The summed E-state index contributed by atoms with van der Waals surface area (Å²) >= 11 is 0. The maximum Gasteiger partial charge on any atom is 0.187 e. The van der Waals surface area contributed by atoms with E-state index in [-0.39, 0.29) is 28.3 Å². The molecule has 31 heavy (non-hydrogen) atoms. The zero-order valence-electron chi connectivity index (χ0n) is 16.7. The fourth-order valence-electron chi connectivity index (χ4n) is 2.59. The summed E-state index contributed by atoms with van der Waals surface area (Å²) in [4.78, 5) is 22.7. The molecule has 0 saturated carbocycles. The first-order chi connectivity index (χ1) is 14.7. The van der Waals surface area contributed by atoms with Crippen LogP contribution in [0.3, 0.4) is 0 Å². The molecule has 5 heteroatoms. The third kappa shape index (κ3) is 7.93. The standard InChI is InChI=1S/2C13H11NO.Co/c2*15-13-9-5-4-6-11(13)10-14-12-7-2-1-3-8-12;/h2*1-10,14H;/b11-10+;11-10-;. The monoisotopic (exact) mass is 453 g/mol. The number of carbonyl (C=O) groups excluding carboxylic acids is 2. The van der Waals surface area contributed by atoms with E-state index in [0.717, 1.165) is 11.4 Å². The van der Waals surface area contributed by atoms with Gasteiger partial charge in [-0.05, 0) is 48.6 Å². The van der Waals surface area contributed by atoms with Crippen molar-refractivity contribution in [2.24, 2.45) is 0 Å². The molecule has 2 aliphatic carbocycles. The van der Waals surface area contributed by atoms with Gasteiger partial charge in [0, 0.05) is 51.7 Å². The first-order valence-electron chi connectivity index (χ1n) is 9.54. The van der Waals surface area contributed by atoms with Gasteiger partial charge in [-0.3, -0.25) is 9.59 Å². The first kappa shape index (κ1) is 23.6. The molecule has 4 nitrogen and oxygen atoms in total. The minimum Gasteiger partial charge on any atom is -0.361 e. The minimum absolute atomic E-state index is 0. The molecule has 0 atom stereocenters. The normalized spacial score (nSPS) is 16.5. The van der Waals surface area contributed by atoms with E-state index >= 15 is 0 Å². The predicted molar refractivity (Wildman–Crippen MR) is 123 cm³/mol. The van der Waals surface area contributed by atoms with Crippen LogP contribution in [0, 0.1) is 0 Å². The summed E-state index contributed by atoms with van der Waals surface area (Å²) in [5.74, 6) is 0.0573. The summed E-state index contributed by atoms with van der Waals surface area (Å²) in [6.45, 7) is 0. The van der Waals surface area contributed by atoms with E-state index in [1.807, 2.05) is 72.8 Å². The molecule has 0 saturated heterocycles. The van der Waals surface area contributed by atoms with E-state index in [1.54, 1.807) is 48.9 Å². The maximum absolute atomic E-state index is 11.4. The van der Waals surface area contributed by atoms with Crippen molar-refractivity contribution in [1.29, 1.82) is 0 Å². The van der Waals surface area contributed by atoms with Crippen LogP contribution in [-0.4, -0.2) is 11.6 Å². The van der Waals surface area contributed by atoms with Crippen LogP contribution in [0.5, 0.6) is 0 Å². The number of allylic oxidation sites excluding steroid dienone is 10. The van der Waals surface area contributed by atoms with Gasteiger partial charge in [0.1, 0.15) is 0 Å². The molecule has 0 heterocycles. The van der Waals surface area contributed by atoms with Crippen molar-refractivity contribution in [3.05, 3.63) is 133 Å². The first-order valence-corrected chi connectivity index (χ1v) is 9.54. The van der Waals surface area contributed by atoms with Crippen LogP contribution in [0.15, 0.2) is 133 Å². The molecule has 0 unspecified atom stereocenters. The zero-order chi connectivity index (χ0) is 21.0. The van der Waals surface area contributed by atoms with Crippen LogP contribution >= 0.6 is 0 Å². The van der Waals surface area contributed by atoms with E-state index in [0.29, 0.717) is 11.1 Å². The van der Waals surface area contributed by atoms with Gasteiger partial charge in [-0.1, -0.05) is 60.7 Å². The Morgan fingerprint density at radius 3 is 1.23 bits per heavy atom. The number of ketones is 2. The maximum atomic E-state index is 11.4. The van der Waals surface area contributed by atoms with Crippen molar-refractivity contribution in [2.75, 3.05) is 10.6 Å². The molecular formula is C26H22CoN2O2. The molecule has 0 amide bonds. The molecule has 157 valence electrons. The molecule has 4 rings (SSSR count). The molecule has 0 bridgehead atoms. The Bertz CT molecular complexity index is 976. The number of anilines is 2. The number of para-hydroxylation sites is 2. The second-order valence-corrected chi connectivity index (χ2v) is 6.39. The van der Waals surface area contributed by atoms with Crippen LogP contribution in [0.1, 0.15) is 0 Å². The molecule has 2 aromatic rings. The second kappa shape index (κ2) is 12.8. The molecular weight excluding hydrogens is 431 g/mol. The number of hydrogen-bond acceptors (Lipinski definition) is 4. The average molecular weight is 453 g/mol. The number of nitrogens with one attached hydrogen (secondary N) is 2. The number of hydrogen-bond donors (Lipinski definition) is 2. The number of benzene rings is 2. The second-order valence-electron chi connectivity index (χ2n) is 6.39. The molecule has 2 aromatic carbocycles. The largest absolute Gasteiger partial charge is 0.361 e. The van der Waals surface area contributed by atoms with E-state index in [4.69, 9.17) is 0 Å². The molecule has 2 aliphatic rings. The number of carbonyl (C=O) groups is 2. The van der Waals surface area contributed by atoms with Crippen LogP contribution in [0.25, 0.3) is 0 Å². The summed E-state index contributed by atoms with van der Waals surface area (Å²) in [5, 5.41) is 6.15. The summed E-state index contributed by atoms with van der Waals surface area (Å²) < 4.78 is 0. The molecule has 0 fully saturated rings. The third-order valence-corrected chi connectivity index (χ3v) is 4.17. The smallest absolute Gasteiger partial charge is 0.187 e. The Morgan fingerprint density at radius 2 is 0.871 bits per heavy atom. The average Bonchev–Trinajstić information content (AvgIpc) is 2.80. The van der Waals surface area contributed by atoms with Gasteiger partial charge in [0.15, 0.2) is 11.6 Å². The molecule has 1 radical (unpaired) electrons. The summed E-state index contributed by atoms with van der Waals surface area (Å²) in [7, 11) is 0. The van der Waals surface area contributed by atoms with Gasteiger partial charge in [-0.25, -0.2) is 0 Å². The minimum atomic E-state index is 0. The number of rotatable bonds is 4. The van der Waals surface area contributed by atoms with Gasteiger partial charge in [0.2, 0.25) is 0 Å². The quantitative estimate of drug-likeness (QED) is 0.613. The SMILES string of the molecule is O=C1C=CC=C/C1=C/Nc1ccccc1.O=C1C=CC=C/C1=C\Nc1ccccc1.[Co]. The Labute approximate surface area is 192 Å². The Hall–Kier alpha value is -3.67. The van der Waals surface area contributed by atoms with Gasteiger partial charge in [-0.2, -0.15) is 0 Å². The van der Waals surface area contributed by atoms with Gasteiger partial charge < -0.3 is 10.6 Å². The van der Waals surface area contributed by atoms with E-state index in [9.17, 15) is 9.59 Å². The predicted octanol–water partition coefficient (Wildman–Crippen LogP) is 5.35. The Balaban J connectivity index is 0.000000213. The fourth-order valence-corrected chi connectivity index (χ4v) is 2.59. The molecule has 2 N–H and O–H groups in total. The van der Waals surface area contributed by atoms with Crippen molar-refractivity contribution in [3.63, 3.8) is 0 Å². The topological polar surface area (TPSA) is 58.2 Å². The van der Waals surface area contributed by atoms with Crippen LogP contribution in [0.2, 0.25) is 0 Å². The Kier molecular flexibility index (Phi) is 9.74. The molecule has 0 spiro atoms. The van der Waals surface area contributed by atoms with Crippen molar-refractivity contribution in [2.45, 2.75) is 0 Å². The van der Waals surface area contributed by atoms with Crippen LogP contribution in [0.4, 0.5) is 11.4 Å². The third-order valence-electron chi connectivity index (χ3n) is 4.17. The zero-order valence-corrected chi connectivity index (χ0v) is 17.7.